The first-order valence-corrected chi connectivity index (χ1v) is 9.74. The SMILES string of the molecule is O=C(COc1ccc(F)c(F)c1)NCC[C@H](O)CNC(=O)COc1ccc(C(F)(F)F)c(F)c1. The smallest absolute Gasteiger partial charge is 0.419 e. The van der Waals surface area contributed by atoms with E-state index in [1.807, 2.05) is 0 Å². The van der Waals surface area contributed by atoms with Crippen molar-refractivity contribution >= 4 is 11.8 Å². The lowest BCUT2D eigenvalue weighted by atomic mass is 10.2. The molecule has 0 saturated heterocycles. The van der Waals surface area contributed by atoms with E-state index in [1.54, 1.807) is 0 Å². The highest BCUT2D eigenvalue weighted by atomic mass is 19.4. The quantitative estimate of drug-likeness (QED) is 0.418. The van der Waals surface area contributed by atoms with Crippen LogP contribution in [0.3, 0.4) is 0 Å². The number of rotatable bonds is 11. The Bertz CT molecular complexity index is 1000. The van der Waals surface area contributed by atoms with E-state index in [0.29, 0.717) is 12.1 Å². The molecule has 0 heterocycles. The first-order valence-electron chi connectivity index (χ1n) is 9.74. The number of hydrogen-bond donors (Lipinski definition) is 3. The van der Waals surface area contributed by atoms with Gasteiger partial charge in [-0.15, -0.1) is 0 Å². The molecule has 2 aromatic rings. The van der Waals surface area contributed by atoms with Crippen molar-refractivity contribution in [2.24, 2.45) is 0 Å². The zero-order valence-corrected chi connectivity index (χ0v) is 17.4. The number of benzene rings is 2. The highest BCUT2D eigenvalue weighted by Crippen LogP contribution is 2.32. The maximum atomic E-state index is 13.5. The summed E-state index contributed by atoms with van der Waals surface area (Å²) in [4.78, 5) is 23.4. The van der Waals surface area contributed by atoms with E-state index in [-0.39, 0.29) is 31.0 Å². The minimum atomic E-state index is -4.86. The molecule has 34 heavy (non-hydrogen) atoms. The molecule has 2 aromatic carbocycles. The highest BCUT2D eigenvalue weighted by Gasteiger charge is 2.34. The topological polar surface area (TPSA) is 96.9 Å². The monoisotopic (exact) mass is 494 g/mol. The number of carbonyl (C=O) groups excluding carboxylic acids is 2. The Labute approximate surface area is 189 Å². The Kier molecular flexibility index (Phi) is 9.54. The fourth-order valence-electron chi connectivity index (χ4n) is 2.49. The molecular weight excluding hydrogens is 474 g/mol. The van der Waals surface area contributed by atoms with Crippen molar-refractivity contribution < 1.29 is 50.5 Å². The minimum absolute atomic E-state index is 0.0122. The third kappa shape index (κ3) is 8.81. The van der Waals surface area contributed by atoms with Crippen LogP contribution in [0.5, 0.6) is 11.5 Å². The van der Waals surface area contributed by atoms with Crippen LogP contribution in [0, 0.1) is 17.5 Å². The summed E-state index contributed by atoms with van der Waals surface area (Å²) in [6, 6.07) is 4.64. The first kappa shape index (κ1) is 26.8. The van der Waals surface area contributed by atoms with Crippen LogP contribution in [0.4, 0.5) is 26.3 Å². The Morgan fingerprint density at radius 2 is 1.41 bits per heavy atom. The van der Waals surface area contributed by atoms with Crippen LogP contribution in [0.2, 0.25) is 0 Å². The average Bonchev–Trinajstić information content (AvgIpc) is 2.76. The summed E-state index contributed by atoms with van der Waals surface area (Å²) < 4.78 is 86.8. The number of halogens is 6. The van der Waals surface area contributed by atoms with Gasteiger partial charge < -0.3 is 25.2 Å². The van der Waals surface area contributed by atoms with Crippen molar-refractivity contribution in [2.75, 3.05) is 26.3 Å². The van der Waals surface area contributed by atoms with Crippen LogP contribution in [0.15, 0.2) is 36.4 Å². The van der Waals surface area contributed by atoms with Gasteiger partial charge in [0.2, 0.25) is 0 Å². The second kappa shape index (κ2) is 12.1. The number of ether oxygens (including phenoxy) is 2. The standard InChI is InChI=1S/C21H20F6N2O5/c22-16-4-2-14(8-18(16)24)33-10-19(31)28-6-5-12(30)9-29-20(32)11-34-13-1-3-15(17(23)7-13)21(25,26)27/h1-4,7-8,12,30H,5-6,9-11H2,(H,28,31)(H,29,32)/t12-/m0/s1. The number of aliphatic hydroxyl groups is 1. The number of alkyl halides is 3. The van der Waals surface area contributed by atoms with Gasteiger partial charge in [-0.1, -0.05) is 0 Å². The molecule has 0 spiro atoms. The zero-order valence-electron chi connectivity index (χ0n) is 17.4. The van der Waals surface area contributed by atoms with Gasteiger partial charge in [0.1, 0.15) is 17.3 Å². The molecule has 2 rings (SSSR count). The van der Waals surface area contributed by atoms with Crippen molar-refractivity contribution in [1.29, 1.82) is 0 Å². The van der Waals surface area contributed by atoms with Gasteiger partial charge in [0.05, 0.1) is 11.7 Å². The largest absolute Gasteiger partial charge is 0.484 e. The summed E-state index contributed by atoms with van der Waals surface area (Å²) in [5.41, 5.74) is -1.46. The van der Waals surface area contributed by atoms with Gasteiger partial charge in [-0.05, 0) is 30.7 Å². The predicted octanol–water partition coefficient (Wildman–Crippen LogP) is 2.56. The van der Waals surface area contributed by atoms with Crippen LogP contribution in [-0.4, -0.2) is 49.3 Å². The van der Waals surface area contributed by atoms with Gasteiger partial charge in [0.15, 0.2) is 24.8 Å². The van der Waals surface area contributed by atoms with Crippen LogP contribution < -0.4 is 20.1 Å². The molecule has 13 heteroatoms. The molecule has 3 N–H and O–H groups in total. The van der Waals surface area contributed by atoms with Gasteiger partial charge in [0.25, 0.3) is 11.8 Å². The third-order valence-electron chi connectivity index (χ3n) is 4.21. The molecule has 1 atom stereocenters. The van der Waals surface area contributed by atoms with E-state index in [9.17, 15) is 41.0 Å². The summed E-state index contributed by atoms with van der Waals surface area (Å²) in [5.74, 6) is -5.36. The zero-order chi connectivity index (χ0) is 25.3. The summed E-state index contributed by atoms with van der Waals surface area (Å²) in [7, 11) is 0. The van der Waals surface area contributed by atoms with Crippen molar-refractivity contribution in [3.05, 3.63) is 59.4 Å². The van der Waals surface area contributed by atoms with Crippen LogP contribution in [0.1, 0.15) is 12.0 Å². The Hall–Kier alpha value is -3.48. The fraction of sp³-hybridized carbons (Fsp3) is 0.333. The van der Waals surface area contributed by atoms with E-state index in [0.717, 1.165) is 24.3 Å². The number of amides is 2. The van der Waals surface area contributed by atoms with Gasteiger partial charge in [0, 0.05) is 25.2 Å². The summed E-state index contributed by atoms with van der Waals surface area (Å²) in [6.45, 7) is -1.31. The molecule has 0 saturated carbocycles. The van der Waals surface area contributed by atoms with Gasteiger partial charge in [-0.2, -0.15) is 13.2 Å². The molecule has 0 fully saturated rings. The average molecular weight is 494 g/mol. The molecule has 2 amide bonds. The third-order valence-corrected chi connectivity index (χ3v) is 4.21. The maximum absolute atomic E-state index is 13.5. The molecule has 0 aliphatic carbocycles. The lowest BCUT2D eigenvalue weighted by Gasteiger charge is -2.13. The second-order valence-corrected chi connectivity index (χ2v) is 6.89. The molecule has 7 nitrogen and oxygen atoms in total. The second-order valence-electron chi connectivity index (χ2n) is 6.89. The molecule has 0 unspecified atom stereocenters. The molecular formula is C21H20F6N2O5. The Morgan fingerprint density at radius 1 is 0.853 bits per heavy atom. The molecule has 0 radical (unpaired) electrons. The number of nitrogens with one attached hydrogen (secondary N) is 2. The highest BCUT2D eigenvalue weighted by molar-refractivity contribution is 5.78. The Morgan fingerprint density at radius 3 is 1.97 bits per heavy atom. The van der Waals surface area contributed by atoms with E-state index in [2.05, 4.69) is 10.6 Å². The van der Waals surface area contributed by atoms with Crippen LogP contribution in [0.25, 0.3) is 0 Å². The van der Waals surface area contributed by atoms with E-state index in [4.69, 9.17) is 9.47 Å². The normalized spacial score (nSPS) is 12.1. The summed E-state index contributed by atoms with van der Waals surface area (Å²) in [6.07, 6.45) is -5.87. The first-order chi connectivity index (χ1) is 16.0. The lowest BCUT2D eigenvalue weighted by Crippen LogP contribution is -2.37. The summed E-state index contributed by atoms with van der Waals surface area (Å²) >= 11 is 0. The number of aliphatic hydroxyl groups excluding tert-OH is 1. The van der Waals surface area contributed by atoms with Gasteiger partial charge >= 0.3 is 6.18 Å². The summed E-state index contributed by atoms with van der Waals surface area (Å²) in [5, 5.41) is 14.6. The van der Waals surface area contributed by atoms with Crippen molar-refractivity contribution in [2.45, 2.75) is 18.7 Å². The van der Waals surface area contributed by atoms with E-state index in [1.165, 1.54) is 0 Å². The molecule has 186 valence electrons. The van der Waals surface area contributed by atoms with E-state index >= 15 is 0 Å². The van der Waals surface area contributed by atoms with Crippen LogP contribution >= 0.6 is 0 Å². The molecule has 0 aliphatic rings. The minimum Gasteiger partial charge on any atom is -0.484 e. The van der Waals surface area contributed by atoms with Crippen molar-refractivity contribution in [1.82, 2.24) is 10.6 Å². The Balaban J connectivity index is 1.61. The maximum Gasteiger partial charge on any atom is 0.419 e. The number of hydrogen-bond acceptors (Lipinski definition) is 5. The van der Waals surface area contributed by atoms with E-state index < -0.39 is 60.3 Å². The molecule has 0 aliphatic heterocycles. The van der Waals surface area contributed by atoms with Gasteiger partial charge in [-0.25, -0.2) is 13.2 Å². The lowest BCUT2D eigenvalue weighted by molar-refractivity contribution is -0.140. The van der Waals surface area contributed by atoms with Crippen molar-refractivity contribution in [3.63, 3.8) is 0 Å². The predicted molar refractivity (Wildman–Crippen MR) is 105 cm³/mol. The van der Waals surface area contributed by atoms with Crippen LogP contribution in [-0.2, 0) is 15.8 Å². The van der Waals surface area contributed by atoms with Gasteiger partial charge in [-0.3, -0.25) is 9.59 Å². The molecule has 0 bridgehead atoms. The number of carbonyl (C=O) groups is 2. The fourth-order valence-corrected chi connectivity index (χ4v) is 2.49. The molecule has 0 aromatic heterocycles. The van der Waals surface area contributed by atoms with Crippen molar-refractivity contribution in [3.8, 4) is 11.5 Å².